The number of methoxy groups -OCH3 is 1. The second kappa shape index (κ2) is 3.98. The van der Waals surface area contributed by atoms with Crippen molar-refractivity contribution in [1.82, 2.24) is 5.48 Å². The third kappa shape index (κ3) is 2.59. The van der Waals surface area contributed by atoms with Crippen LogP contribution in [-0.2, 0) is 14.4 Å². The Morgan fingerprint density at radius 2 is 2.73 bits per heavy atom. The fourth-order valence-corrected chi connectivity index (χ4v) is 0.810. The number of allylic oxidation sites excluding steroid dienone is 1. The Morgan fingerprint density at radius 3 is 3.27 bits per heavy atom. The van der Waals surface area contributed by atoms with E-state index in [0.29, 0.717) is 19.4 Å². The van der Waals surface area contributed by atoms with Crippen LogP contribution >= 0.6 is 0 Å². The number of nitrogens with one attached hydrogen (secondary N) is 1. The van der Waals surface area contributed by atoms with E-state index in [1.165, 1.54) is 7.11 Å². The summed E-state index contributed by atoms with van der Waals surface area (Å²) >= 11 is 0. The van der Waals surface area contributed by atoms with Crippen molar-refractivity contribution in [3.8, 4) is 0 Å². The number of carbonyl (C=O) groups is 1. The lowest BCUT2D eigenvalue weighted by Gasteiger charge is -2.00. The minimum absolute atomic E-state index is 0.195. The largest absolute Gasteiger partial charge is 0.469 e. The topological polar surface area (TPSA) is 47.6 Å². The molecule has 0 unspecified atom stereocenters. The molecule has 11 heavy (non-hydrogen) atoms. The van der Waals surface area contributed by atoms with E-state index in [9.17, 15) is 4.79 Å². The lowest BCUT2D eigenvalue weighted by molar-refractivity contribution is -0.140. The van der Waals surface area contributed by atoms with E-state index < -0.39 is 0 Å². The monoisotopic (exact) mass is 157 g/mol. The summed E-state index contributed by atoms with van der Waals surface area (Å²) in [7, 11) is 1.38. The van der Waals surface area contributed by atoms with Gasteiger partial charge >= 0.3 is 5.97 Å². The van der Waals surface area contributed by atoms with E-state index in [4.69, 9.17) is 4.84 Å². The number of esters is 1. The summed E-state index contributed by atoms with van der Waals surface area (Å²) in [5.74, 6) is -0.195. The summed E-state index contributed by atoms with van der Waals surface area (Å²) in [5, 5.41) is 0. The molecule has 0 saturated heterocycles. The quantitative estimate of drug-likeness (QED) is 0.601. The van der Waals surface area contributed by atoms with Gasteiger partial charge in [-0.3, -0.25) is 15.1 Å². The molecule has 4 heteroatoms. The Kier molecular flexibility index (Phi) is 2.92. The van der Waals surface area contributed by atoms with Gasteiger partial charge in [-0.15, -0.1) is 0 Å². The Bertz CT molecular complexity index is 177. The number of hydrogen-bond donors (Lipinski definition) is 1. The second-order valence-electron chi connectivity index (χ2n) is 2.22. The minimum Gasteiger partial charge on any atom is -0.469 e. The molecule has 0 amide bonds. The van der Waals surface area contributed by atoms with Gasteiger partial charge in [-0.2, -0.15) is 0 Å². The van der Waals surface area contributed by atoms with Gasteiger partial charge in [0.1, 0.15) is 0 Å². The van der Waals surface area contributed by atoms with Crippen molar-refractivity contribution in [2.75, 3.05) is 13.7 Å². The van der Waals surface area contributed by atoms with Crippen LogP contribution in [-0.4, -0.2) is 19.7 Å². The molecule has 0 aromatic rings. The van der Waals surface area contributed by atoms with Crippen LogP contribution in [0.3, 0.4) is 0 Å². The Balaban J connectivity index is 2.16. The van der Waals surface area contributed by atoms with Crippen molar-refractivity contribution in [3.05, 3.63) is 11.8 Å². The van der Waals surface area contributed by atoms with E-state index in [-0.39, 0.29) is 5.97 Å². The van der Waals surface area contributed by atoms with Crippen LogP contribution in [0.25, 0.3) is 0 Å². The van der Waals surface area contributed by atoms with E-state index in [0.717, 1.165) is 5.70 Å². The number of rotatable bonds is 3. The molecule has 1 heterocycles. The fraction of sp³-hybridized carbons (Fsp3) is 0.571. The summed E-state index contributed by atoms with van der Waals surface area (Å²) in [4.78, 5) is 15.5. The molecule has 1 rings (SSSR count). The highest BCUT2D eigenvalue weighted by Gasteiger charge is 2.06. The van der Waals surface area contributed by atoms with E-state index in [2.05, 4.69) is 10.2 Å². The fourth-order valence-electron chi connectivity index (χ4n) is 0.810. The molecule has 62 valence electrons. The predicted octanol–water partition coefficient (Wildman–Crippen LogP) is 0.358. The molecule has 0 atom stereocenters. The smallest absolute Gasteiger partial charge is 0.305 e. The summed E-state index contributed by atoms with van der Waals surface area (Å²) in [5.41, 5.74) is 3.64. The molecule has 0 aromatic heterocycles. The highest BCUT2D eigenvalue weighted by molar-refractivity contribution is 5.69. The zero-order chi connectivity index (χ0) is 8.10. The zero-order valence-corrected chi connectivity index (χ0v) is 6.42. The molecule has 0 bridgehead atoms. The predicted molar refractivity (Wildman–Crippen MR) is 38.4 cm³/mol. The van der Waals surface area contributed by atoms with Crippen molar-refractivity contribution in [2.24, 2.45) is 0 Å². The van der Waals surface area contributed by atoms with Crippen molar-refractivity contribution < 1.29 is 14.4 Å². The van der Waals surface area contributed by atoms with Crippen molar-refractivity contribution in [1.29, 1.82) is 0 Å². The molecular formula is C7H11NO3. The first-order chi connectivity index (χ1) is 5.33. The average Bonchev–Trinajstić information content (AvgIpc) is 2.52. The Labute approximate surface area is 65.1 Å². The van der Waals surface area contributed by atoms with E-state index >= 15 is 0 Å². The Morgan fingerprint density at radius 1 is 1.91 bits per heavy atom. The van der Waals surface area contributed by atoms with E-state index in [1.807, 2.05) is 6.08 Å². The Hall–Kier alpha value is -1.03. The van der Waals surface area contributed by atoms with Gasteiger partial charge in [0.25, 0.3) is 0 Å². The maximum absolute atomic E-state index is 10.7. The summed E-state index contributed by atoms with van der Waals surface area (Å²) in [6.45, 7) is 0.580. The third-order valence-corrected chi connectivity index (χ3v) is 1.44. The summed E-state index contributed by atoms with van der Waals surface area (Å²) in [6, 6.07) is 0. The first kappa shape index (κ1) is 8.07. The SMILES string of the molecule is COC(=O)CCC1=CCON1. The highest BCUT2D eigenvalue weighted by atomic mass is 16.6. The van der Waals surface area contributed by atoms with Gasteiger partial charge in [-0.25, -0.2) is 0 Å². The summed E-state index contributed by atoms with van der Waals surface area (Å²) in [6.07, 6.45) is 2.97. The number of hydroxylamine groups is 1. The van der Waals surface area contributed by atoms with Gasteiger partial charge in [-0.1, -0.05) is 0 Å². The van der Waals surface area contributed by atoms with Crippen molar-refractivity contribution >= 4 is 5.97 Å². The van der Waals surface area contributed by atoms with Crippen LogP contribution in [0.5, 0.6) is 0 Å². The van der Waals surface area contributed by atoms with Crippen molar-refractivity contribution in [2.45, 2.75) is 12.8 Å². The first-order valence-electron chi connectivity index (χ1n) is 3.46. The zero-order valence-electron chi connectivity index (χ0n) is 6.42. The molecule has 1 aliphatic rings. The normalized spacial score (nSPS) is 15.5. The second-order valence-corrected chi connectivity index (χ2v) is 2.22. The highest BCUT2D eigenvalue weighted by Crippen LogP contribution is 2.06. The first-order valence-corrected chi connectivity index (χ1v) is 3.46. The van der Waals surface area contributed by atoms with Gasteiger partial charge in [-0.05, 0) is 12.5 Å². The molecule has 1 N–H and O–H groups in total. The maximum atomic E-state index is 10.7. The molecule has 0 saturated carbocycles. The molecule has 4 nitrogen and oxygen atoms in total. The minimum atomic E-state index is -0.195. The van der Waals surface area contributed by atoms with Crippen LogP contribution in [0.1, 0.15) is 12.8 Å². The van der Waals surface area contributed by atoms with Crippen LogP contribution in [0.15, 0.2) is 11.8 Å². The lowest BCUT2D eigenvalue weighted by Crippen LogP contribution is -2.08. The number of hydrogen-bond acceptors (Lipinski definition) is 4. The van der Waals surface area contributed by atoms with Crippen LogP contribution < -0.4 is 5.48 Å². The van der Waals surface area contributed by atoms with Gasteiger partial charge in [0.15, 0.2) is 0 Å². The van der Waals surface area contributed by atoms with Crippen LogP contribution in [0.2, 0.25) is 0 Å². The summed E-state index contributed by atoms with van der Waals surface area (Å²) < 4.78 is 4.48. The van der Waals surface area contributed by atoms with Crippen LogP contribution in [0, 0.1) is 0 Å². The molecule has 0 fully saturated rings. The van der Waals surface area contributed by atoms with Crippen LogP contribution in [0.4, 0.5) is 0 Å². The van der Waals surface area contributed by atoms with E-state index in [1.54, 1.807) is 0 Å². The third-order valence-electron chi connectivity index (χ3n) is 1.44. The maximum Gasteiger partial charge on any atom is 0.305 e. The number of ether oxygens (including phenoxy) is 1. The standard InChI is InChI=1S/C7H11NO3/c1-10-7(9)3-2-6-4-5-11-8-6/h4,8H,2-3,5H2,1H3. The number of carbonyl (C=O) groups excluding carboxylic acids is 1. The molecule has 0 aromatic carbocycles. The van der Waals surface area contributed by atoms with Gasteiger partial charge in [0.05, 0.1) is 20.1 Å². The van der Waals surface area contributed by atoms with Crippen molar-refractivity contribution in [3.63, 3.8) is 0 Å². The molecular weight excluding hydrogens is 146 g/mol. The lowest BCUT2D eigenvalue weighted by atomic mass is 10.2. The molecule has 0 spiro atoms. The van der Waals surface area contributed by atoms with Gasteiger partial charge in [0.2, 0.25) is 0 Å². The molecule has 1 aliphatic heterocycles. The van der Waals surface area contributed by atoms with Gasteiger partial charge in [0, 0.05) is 5.70 Å². The van der Waals surface area contributed by atoms with Gasteiger partial charge < -0.3 is 4.74 Å². The molecule has 0 radical (unpaired) electrons. The average molecular weight is 157 g/mol. The molecule has 0 aliphatic carbocycles.